The van der Waals surface area contributed by atoms with E-state index < -0.39 is 0 Å². The quantitative estimate of drug-likeness (QED) is 0.808. The summed E-state index contributed by atoms with van der Waals surface area (Å²) in [7, 11) is 2.23. The van der Waals surface area contributed by atoms with E-state index in [1.54, 1.807) is 11.9 Å². The second-order valence-electron chi connectivity index (χ2n) is 7.71. The smallest absolute Gasteiger partial charge is 0.161 e. The SMILES string of the molecule is CCC12CCC13Cc1ccc(c3c1)N1c3ncncc3N(C)C12. The summed E-state index contributed by atoms with van der Waals surface area (Å²) in [6.07, 6.45) is 9.14. The number of benzene rings is 1. The Morgan fingerprint density at radius 2 is 2.17 bits per heavy atom. The zero-order chi connectivity index (χ0) is 15.4. The number of fused-ring (bicyclic) bond motifs is 6. The molecule has 3 unspecified atom stereocenters. The van der Waals surface area contributed by atoms with Crippen LogP contribution in [0.4, 0.5) is 17.2 Å². The molecule has 1 aromatic heterocycles. The van der Waals surface area contributed by atoms with E-state index in [1.807, 2.05) is 6.20 Å². The number of aromatic nitrogens is 2. The van der Waals surface area contributed by atoms with Gasteiger partial charge in [0.25, 0.3) is 0 Å². The van der Waals surface area contributed by atoms with Crippen molar-refractivity contribution in [2.45, 2.75) is 44.2 Å². The minimum atomic E-state index is 0.325. The van der Waals surface area contributed by atoms with Crippen molar-refractivity contribution >= 4 is 17.2 Å². The van der Waals surface area contributed by atoms with Gasteiger partial charge in [-0.15, -0.1) is 0 Å². The molecule has 4 nitrogen and oxygen atoms in total. The summed E-state index contributed by atoms with van der Waals surface area (Å²) in [6.45, 7) is 2.38. The van der Waals surface area contributed by atoms with E-state index in [-0.39, 0.29) is 0 Å². The standard InChI is InChI=1S/C19H20N4/c1-3-18-6-7-19(18)9-12-4-5-14(13(19)8-12)23-16-15(10-20-11-21-16)22(2)17(18)23/h4-5,8,10-11,17H,3,6-7,9H2,1-2H3. The molecule has 2 bridgehead atoms. The van der Waals surface area contributed by atoms with Crippen LogP contribution < -0.4 is 9.80 Å². The molecule has 0 N–H and O–H groups in total. The van der Waals surface area contributed by atoms with Gasteiger partial charge in [0.15, 0.2) is 5.82 Å². The molecule has 1 fully saturated rings. The van der Waals surface area contributed by atoms with Crippen LogP contribution in [0, 0.1) is 5.41 Å². The molecule has 116 valence electrons. The lowest BCUT2D eigenvalue weighted by Crippen LogP contribution is -2.69. The fourth-order valence-electron chi connectivity index (χ4n) is 6.25. The van der Waals surface area contributed by atoms with Gasteiger partial charge in [0.05, 0.1) is 6.20 Å². The van der Waals surface area contributed by atoms with Crippen molar-refractivity contribution in [3.05, 3.63) is 41.9 Å². The molecule has 0 radical (unpaired) electrons. The van der Waals surface area contributed by atoms with E-state index in [0.717, 1.165) is 5.82 Å². The Morgan fingerprint density at radius 1 is 1.26 bits per heavy atom. The Kier molecular flexibility index (Phi) is 1.89. The van der Waals surface area contributed by atoms with Gasteiger partial charge in [-0.2, -0.15) is 0 Å². The van der Waals surface area contributed by atoms with Gasteiger partial charge in [0, 0.05) is 23.6 Å². The number of anilines is 3. The van der Waals surface area contributed by atoms with Gasteiger partial charge >= 0.3 is 0 Å². The van der Waals surface area contributed by atoms with Crippen molar-refractivity contribution < 1.29 is 0 Å². The third-order valence-corrected chi connectivity index (χ3v) is 7.31. The average molecular weight is 304 g/mol. The first-order chi connectivity index (χ1) is 11.2. The Morgan fingerprint density at radius 3 is 2.96 bits per heavy atom. The Balaban J connectivity index is 1.71. The van der Waals surface area contributed by atoms with Crippen molar-refractivity contribution in [3.8, 4) is 0 Å². The first-order valence-corrected chi connectivity index (χ1v) is 8.67. The normalized spacial score (nSPS) is 34.8. The molecule has 2 aliphatic carbocycles. The molecule has 23 heavy (non-hydrogen) atoms. The Bertz CT molecular complexity index is 858. The number of hydrogen-bond donors (Lipinski definition) is 0. The zero-order valence-corrected chi connectivity index (χ0v) is 13.6. The third kappa shape index (κ3) is 1.05. The largest absolute Gasteiger partial charge is 0.349 e. The maximum absolute atomic E-state index is 4.65. The summed E-state index contributed by atoms with van der Waals surface area (Å²) in [5.74, 6) is 1.08. The number of hydrogen-bond acceptors (Lipinski definition) is 4. The average Bonchev–Trinajstić information content (AvgIpc) is 3.05. The van der Waals surface area contributed by atoms with Crippen molar-refractivity contribution in [1.82, 2.24) is 9.97 Å². The van der Waals surface area contributed by atoms with Crippen LogP contribution in [0.1, 0.15) is 37.3 Å². The molecule has 3 atom stereocenters. The summed E-state index contributed by atoms with van der Waals surface area (Å²) < 4.78 is 0. The van der Waals surface area contributed by atoms with Crippen LogP contribution in [0.25, 0.3) is 0 Å². The molecule has 6 rings (SSSR count). The predicted octanol–water partition coefficient (Wildman–Crippen LogP) is 3.39. The molecule has 1 spiro atoms. The molecule has 1 aromatic carbocycles. The molecule has 2 aliphatic heterocycles. The second kappa shape index (κ2) is 3.53. The molecule has 4 aliphatic rings. The molecule has 4 heteroatoms. The van der Waals surface area contributed by atoms with Crippen LogP contribution in [0.5, 0.6) is 0 Å². The van der Waals surface area contributed by atoms with E-state index in [2.05, 4.69) is 51.9 Å². The van der Waals surface area contributed by atoms with E-state index in [1.165, 1.54) is 42.6 Å². The molecule has 0 amide bonds. The van der Waals surface area contributed by atoms with Crippen LogP contribution in [-0.4, -0.2) is 23.2 Å². The van der Waals surface area contributed by atoms with E-state index in [4.69, 9.17) is 0 Å². The highest BCUT2D eigenvalue weighted by atomic mass is 15.5. The van der Waals surface area contributed by atoms with E-state index >= 15 is 0 Å². The fourth-order valence-corrected chi connectivity index (χ4v) is 6.25. The summed E-state index contributed by atoms with van der Waals surface area (Å²) in [6, 6.07) is 7.12. The summed E-state index contributed by atoms with van der Waals surface area (Å²) in [4.78, 5) is 13.9. The third-order valence-electron chi connectivity index (χ3n) is 7.31. The maximum atomic E-state index is 4.65. The maximum Gasteiger partial charge on any atom is 0.161 e. The van der Waals surface area contributed by atoms with Gasteiger partial charge in [-0.1, -0.05) is 19.1 Å². The monoisotopic (exact) mass is 304 g/mol. The van der Waals surface area contributed by atoms with Crippen LogP contribution in [0.2, 0.25) is 0 Å². The molecule has 0 saturated heterocycles. The van der Waals surface area contributed by atoms with Crippen molar-refractivity contribution in [3.63, 3.8) is 0 Å². The lowest BCUT2D eigenvalue weighted by molar-refractivity contribution is -0.0396. The molecule has 2 aromatic rings. The minimum Gasteiger partial charge on any atom is -0.349 e. The van der Waals surface area contributed by atoms with Crippen LogP contribution in [0.3, 0.4) is 0 Å². The Labute approximate surface area is 136 Å². The Hall–Kier alpha value is -2.10. The van der Waals surface area contributed by atoms with E-state index in [0.29, 0.717) is 17.0 Å². The molecule has 1 saturated carbocycles. The first kappa shape index (κ1) is 12.3. The highest BCUT2D eigenvalue weighted by Gasteiger charge is 2.70. The van der Waals surface area contributed by atoms with Crippen molar-refractivity contribution in [2.75, 3.05) is 16.8 Å². The van der Waals surface area contributed by atoms with Gasteiger partial charge in [0.2, 0.25) is 0 Å². The lowest BCUT2D eigenvalue weighted by atomic mass is 9.43. The summed E-state index contributed by atoms with van der Waals surface area (Å²) in [5.41, 5.74) is 6.34. The van der Waals surface area contributed by atoms with Gasteiger partial charge in [-0.25, -0.2) is 9.97 Å². The van der Waals surface area contributed by atoms with E-state index in [9.17, 15) is 0 Å². The van der Waals surface area contributed by atoms with Crippen molar-refractivity contribution in [1.29, 1.82) is 0 Å². The van der Waals surface area contributed by atoms with Gasteiger partial charge in [-0.3, -0.25) is 0 Å². The second-order valence-corrected chi connectivity index (χ2v) is 7.71. The predicted molar refractivity (Wildman–Crippen MR) is 90.1 cm³/mol. The lowest BCUT2D eigenvalue weighted by Gasteiger charge is -2.66. The fraction of sp³-hybridized carbons (Fsp3) is 0.474. The molecular formula is C19H20N4. The molecular weight excluding hydrogens is 284 g/mol. The van der Waals surface area contributed by atoms with Crippen LogP contribution >= 0.6 is 0 Å². The number of nitrogens with zero attached hydrogens (tertiary/aromatic N) is 4. The first-order valence-electron chi connectivity index (χ1n) is 8.67. The van der Waals surface area contributed by atoms with Crippen LogP contribution in [-0.2, 0) is 11.8 Å². The highest BCUT2D eigenvalue weighted by molar-refractivity contribution is 5.85. The van der Waals surface area contributed by atoms with Gasteiger partial charge < -0.3 is 9.80 Å². The summed E-state index contributed by atoms with van der Waals surface area (Å²) >= 11 is 0. The minimum absolute atomic E-state index is 0.325. The number of rotatable bonds is 1. The highest BCUT2D eigenvalue weighted by Crippen LogP contribution is 2.72. The zero-order valence-electron chi connectivity index (χ0n) is 13.6. The van der Waals surface area contributed by atoms with Crippen LogP contribution in [0.15, 0.2) is 30.7 Å². The van der Waals surface area contributed by atoms with Gasteiger partial charge in [0.1, 0.15) is 18.2 Å². The topological polar surface area (TPSA) is 32.3 Å². The summed E-state index contributed by atoms with van der Waals surface area (Å²) in [5, 5.41) is 0. The molecule has 3 heterocycles. The van der Waals surface area contributed by atoms with Crippen molar-refractivity contribution in [2.24, 2.45) is 5.41 Å². The van der Waals surface area contributed by atoms with Gasteiger partial charge in [-0.05, 0) is 42.9 Å².